The molecule has 1 unspecified atom stereocenters. The number of aromatic nitrogens is 2. The molecule has 1 radical (unpaired) electrons. The minimum absolute atomic E-state index is 0.00589. The van der Waals surface area contributed by atoms with Gasteiger partial charge in [-0.3, -0.25) is 14.3 Å². The van der Waals surface area contributed by atoms with Gasteiger partial charge in [-0.2, -0.15) is 5.10 Å². The summed E-state index contributed by atoms with van der Waals surface area (Å²) >= 11 is 0. The van der Waals surface area contributed by atoms with E-state index in [1.165, 1.54) is 0 Å². The van der Waals surface area contributed by atoms with Gasteiger partial charge in [-0.05, 0) is 38.6 Å². The summed E-state index contributed by atoms with van der Waals surface area (Å²) in [5.41, 5.74) is 2.43. The summed E-state index contributed by atoms with van der Waals surface area (Å²) < 4.78 is 7.53. The van der Waals surface area contributed by atoms with Crippen LogP contribution in [0, 0.1) is 0 Å². The minimum Gasteiger partial charge on any atom is -0.493 e. The van der Waals surface area contributed by atoms with E-state index in [1.807, 2.05) is 30.2 Å². The zero-order valence-corrected chi connectivity index (χ0v) is 19.2. The van der Waals surface area contributed by atoms with E-state index < -0.39 is 6.17 Å². The van der Waals surface area contributed by atoms with Crippen molar-refractivity contribution in [1.82, 2.24) is 24.9 Å². The van der Waals surface area contributed by atoms with E-state index in [0.717, 1.165) is 30.8 Å². The maximum atomic E-state index is 13.2. The molecule has 1 fully saturated rings. The number of rotatable bonds is 6. The number of fused-ring (bicyclic) bond motifs is 1. The van der Waals surface area contributed by atoms with E-state index in [0.29, 0.717) is 43.2 Å². The van der Waals surface area contributed by atoms with Crippen LogP contribution in [0.25, 0.3) is 0 Å². The first kappa shape index (κ1) is 22.1. The Kier molecular flexibility index (Phi) is 6.36. The highest BCUT2D eigenvalue weighted by Crippen LogP contribution is 2.38. The summed E-state index contributed by atoms with van der Waals surface area (Å²) in [6.07, 6.45) is 2.16. The van der Waals surface area contributed by atoms with Crippen molar-refractivity contribution in [2.75, 3.05) is 51.3 Å². The summed E-state index contributed by atoms with van der Waals surface area (Å²) in [6, 6.07) is 5.47. The van der Waals surface area contributed by atoms with Crippen molar-refractivity contribution in [1.29, 1.82) is 0 Å². The number of piperazine rings is 1. The van der Waals surface area contributed by atoms with Crippen LogP contribution in [0.5, 0.6) is 5.75 Å². The quantitative estimate of drug-likeness (QED) is 0.683. The smallest absolute Gasteiger partial charge is 0.297 e. The highest BCUT2D eigenvalue weighted by Gasteiger charge is 2.37. The molecule has 0 aliphatic carbocycles. The standard InChI is InChI=1S/C23H31N6O3/c1-5-9-29-18-15-27(4)25-20(18)22(30)24-21(29)17-14-16(7-8-19(17)32-6-2)23(31)28-12-10-26(3)11-13-28/h7-8,14-15,21H,5-6,9-13H2,1-4H3. The zero-order chi connectivity index (χ0) is 22.8. The maximum absolute atomic E-state index is 13.2. The first-order chi connectivity index (χ1) is 15.4. The number of nitrogens with zero attached hydrogens (tertiary/aromatic N) is 6. The number of benzene rings is 1. The van der Waals surface area contributed by atoms with E-state index in [1.54, 1.807) is 17.8 Å². The fourth-order valence-corrected chi connectivity index (χ4v) is 4.30. The van der Waals surface area contributed by atoms with Gasteiger partial charge < -0.3 is 19.4 Å². The molecular formula is C23H31N6O3. The maximum Gasteiger partial charge on any atom is 0.297 e. The highest BCUT2D eigenvalue weighted by molar-refractivity contribution is 6.00. The number of aryl methyl sites for hydroxylation is 1. The van der Waals surface area contributed by atoms with Gasteiger partial charge in [0.05, 0.1) is 12.3 Å². The number of carbonyl (C=O) groups excluding carboxylic acids is 2. The molecule has 2 amide bonds. The Bertz CT molecular complexity index is 996. The molecule has 1 aromatic carbocycles. The third kappa shape index (κ3) is 4.17. The molecule has 0 spiro atoms. The van der Waals surface area contributed by atoms with E-state index in [2.05, 4.69) is 34.2 Å². The van der Waals surface area contributed by atoms with Gasteiger partial charge in [0, 0.05) is 57.1 Å². The van der Waals surface area contributed by atoms with Gasteiger partial charge in [-0.15, -0.1) is 0 Å². The fraction of sp³-hybridized carbons (Fsp3) is 0.522. The third-order valence-corrected chi connectivity index (χ3v) is 5.95. The van der Waals surface area contributed by atoms with Crippen LogP contribution in [0.2, 0.25) is 0 Å². The number of anilines is 1. The summed E-state index contributed by atoms with van der Waals surface area (Å²) in [4.78, 5) is 32.2. The van der Waals surface area contributed by atoms with E-state index in [9.17, 15) is 9.59 Å². The molecule has 3 heterocycles. The second kappa shape index (κ2) is 9.20. The summed E-state index contributed by atoms with van der Waals surface area (Å²) in [7, 11) is 3.86. The Morgan fingerprint density at radius 2 is 1.91 bits per heavy atom. The van der Waals surface area contributed by atoms with Crippen LogP contribution in [0.4, 0.5) is 5.69 Å². The van der Waals surface area contributed by atoms with Crippen molar-refractivity contribution in [3.8, 4) is 5.75 Å². The molecule has 0 N–H and O–H groups in total. The lowest BCUT2D eigenvalue weighted by molar-refractivity contribution is 0.0664. The van der Waals surface area contributed by atoms with Gasteiger partial charge in [0.2, 0.25) is 0 Å². The topological polar surface area (TPSA) is 85.0 Å². The molecule has 1 atom stereocenters. The zero-order valence-electron chi connectivity index (χ0n) is 19.2. The predicted molar refractivity (Wildman–Crippen MR) is 121 cm³/mol. The molecule has 9 heteroatoms. The van der Waals surface area contributed by atoms with E-state index in [4.69, 9.17) is 4.74 Å². The Hall–Kier alpha value is -3.07. The SMILES string of the molecule is CCCN1c2cn(C)nc2C(=O)[N]C1c1cc(C(=O)N2CCN(C)CC2)ccc1OCC. The summed E-state index contributed by atoms with van der Waals surface area (Å²) in [5.74, 6) is 0.280. The van der Waals surface area contributed by atoms with Crippen LogP contribution in [0.3, 0.4) is 0 Å². The Balaban J connectivity index is 1.72. The van der Waals surface area contributed by atoms with Crippen LogP contribution >= 0.6 is 0 Å². The van der Waals surface area contributed by atoms with Crippen LogP contribution in [0.1, 0.15) is 52.8 Å². The van der Waals surface area contributed by atoms with Crippen molar-refractivity contribution in [2.24, 2.45) is 7.05 Å². The predicted octanol–water partition coefficient (Wildman–Crippen LogP) is 1.88. The van der Waals surface area contributed by atoms with Crippen molar-refractivity contribution < 1.29 is 14.3 Å². The average molecular weight is 440 g/mol. The molecule has 0 bridgehead atoms. The third-order valence-electron chi connectivity index (χ3n) is 5.95. The number of amides is 2. The lowest BCUT2D eigenvalue weighted by atomic mass is 10.0. The Morgan fingerprint density at radius 1 is 1.16 bits per heavy atom. The molecule has 1 aromatic heterocycles. The van der Waals surface area contributed by atoms with Crippen LogP contribution in [-0.2, 0) is 7.05 Å². The van der Waals surface area contributed by atoms with Gasteiger partial charge in [0.1, 0.15) is 5.75 Å². The lowest BCUT2D eigenvalue weighted by Gasteiger charge is -2.36. The minimum atomic E-state index is -0.569. The highest BCUT2D eigenvalue weighted by atomic mass is 16.5. The summed E-state index contributed by atoms with van der Waals surface area (Å²) in [6.45, 7) is 8.29. The van der Waals surface area contributed by atoms with Gasteiger partial charge in [-0.25, -0.2) is 5.32 Å². The van der Waals surface area contributed by atoms with Crippen LogP contribution < -0.4 is 15.0 Å². The molecule has 2 aliphatic heterocycles. The molecule has 4 rings (SSSR count). The van der Waals surface area contributed by atoms with Crippen molar-refractivity contribution >= 4 is 17.5 Å². The Labute approximate surface area is 188 Å². The second-order valence-corrected chi connectivity index (χ2v) is 8.32. The molecule has 2 aromatic rings. The van der Waals surface area contributed by atoms with E-state index >= 15 is 0 Å². The second-order valence-electron chi connectivity index (χ2n) is 8.32. The molecular weight excluding hydrogens is 408 g/mol. The van der Waals surface area contributed by atoms with Crippen molar-refractivity contribution in [3.63, 3.8) is 0 Å². The number of carbonyl (C=O) groups is 2. The molecule has 9 nitrogen and oxygen atoms in total. The largest absolute Gasteiger partial charge is 0.493 e. The number of ether oxygens (including phenoxy) is 1. The number of likely N-dealkylation sites (N-methyl/N-ethyl adjacent to an activating group) is 1. The van der Waals surface area contributed by atoms with Crippen LogP contribution in [0.15, 0.2) is 24.4 Å². The van der Waals surface area contributed by atoms with Crippen molar-refractivity contribution in [3.05, 3.63) is 41.2 Å². The van der Waals surface area contributed by atoms with Crippen molar-refractivity contribution in [2.45, 2.75) is 26.4 Å². The lowest BCUT2D eigenvalue weighted by Crippen LogP contribution is -2.47. The molecule has 171 valence electrons. The number of hydrogen-bond acceptors (Lipinski definition) is 6. The van der Waals surface area contributed by atoms with Crippen LogP contribution in [-0.4, -0.2) is 77.8 Å². The summed E-state index contributed by atoms with van der Waals surface area (Å²) in [5, 5.41) is 8.77. The van der Waals surface area contributed by atoms with Gasteiger partial charge in [0.25, 0.3) is 11.8 Å². The molecule has 0 saturated carbocycles. The van der Waals surface area contributed by atoms with Gasteiger partial charge in [0.15, 0.2) is 11.9 Å². The van der Waals surface area contributed by atoms with Gasteiger partial charge >= 0.3 is 0 Å². The Morgan fingerprint density at radius 3 is 2.59 bits per heavy atom. The average Bonchev–Trinajstić information content (AvgIpc) is 3.18. The normalized spacial score (nSPS) is 19.0. The molecule has 32 heavy (non-hydrogen) atoms. The molecule has 1 saturated heterocycles. The fourth-order valence-electron chi connectivity index (χ4n) is 4.30. The first-order valence-corrected chi connectivity index (χ1v) is 11.2. The van der Waals surface area contributed by atoms with Gasteiger partial charge in [-0.1, -0.05) is 6.92 Å². The van der Waals surface area contributed by atoms with E-state index in [-0.39, 0.29) is 11.8 Å². The first-order valence-electron chi connectivity index (χ1n) is 11.2. The number of hydrogen-bond donors (Lipinski definition) is 0. The molecule has 2 aliphatic rings. The monoisotopic (exact) mass is 439 g/mol.